The Bertz CT molecular complexity index is 485. The number of hydrogen-bond donors (Lipinski definition) is 2. The van der Waals surface area contributed by atoms with Crippen LogP contribution in [0.2, 0.25) is 0 Å². The molecule has 0 atom stereocenters. The number of aromatic nitrogens is 1. The fourth-order valence-electron chi connectivity index (χ4n) is 1.88. The molecule has 0 unspecified atom stereocenters. The Morgan fingerprint density at radius 3 is 2.93 bits per heavy atom. The van der Waals surface area contributed by atoms with E-state index >= 15 is 0 Å². The summed E-state index contributed by atoms with van der Waals surface area (Å²) in [6.07, 6.45) is 5.89. The number of nitrogens with two attached hydrogens (primary N) is 1. The molecule has 1 aromatic heterocycles. The zero-order valence-electron chi connectivity index (χ0n) is 8.49. The lowest BCUT2D eigenvalue weighted by molar-refractivity contribution is 0.120. The summed E-state index contributed by atoms with van der Waals surface area (Å²) < 4.78 is 5.81. The minimum absolute atomic E-state index is 0.419. The SMILES string of the molecule is Nc1c[nH]c2ccc(OC3CCC3)cc12. The molecule has 0 saturated heterocycles. The summed E-state index contributed by atoms with van der Waals surface area (Å²) in [6.45, 7) is 0. The first kappa shape index (κ1) is 8.65. The molecule has 2 aromatic rings. The van der Waals surface area contributed by atoms with E-state index in [4.69, 9.17) is 10.5 Å². The number of benzene rings is 1. The fraction of sp³-hybridized carbons (Fsp3) is 0.333. The molecule has 3 nitrogen and oxygen atoms in total. The van der Waals surface area contributed by atoms with Crippen LogP contribution in [0.25, 0.3) is 10.9 Å². The van der Waals surface area contributed by atoms with Gasteiger partial charge in [-0.2, -0.15) is 0 Å². The highest BCUT2D eigenvalue weighted by molar-refractivity contribution is 5.92. The van der Waals surface area contributed by atoms with Crippen molar-refractivity contribution in [1.29, 1.82) is 0 Å². The van der Waals surface area contributed by atoms with Crippen molar-refractivity contribution in [2.75, 3.05) is 5.73 Å². The molecule has 0 bridgehead atoms. The highest BCUT2D eigenvalue weighted by atomic mass is 16.5. The van der Waals surface area contributed by atoms with Gasteiger partial charge >= 0.3 is 0 Å². The molecule has 3 N–H and O–H groups in total. The van der Waals surface area contributed by atoms with Crippen molar-refractivity contribution in [2.24, 2.45) is 0 Å². The van der Waals surface area contributed by atoms with E-state index in [1.165, 1.54) is 19.3 Å². The van der Waals surface area contributed by atoms with E-state index in [9.17, 15) is 0 Å². The largest absolute Gasteiger partial charge is 0.490 e. The molecule has 0 radical (unpaired) electrons. The molecule has 78 valence electrons. The van der Waals surface area contributed by atoms with E-state index < -0.39 is 0 Å². The first-order valence-electron chi connectivity index (χ1n) is 5.36. The van der Waals surface area contributed by atoms with Crippen LogP contribution in [0, 0.1) is 0 Å². The van der Waals surface area contributed by atoms with Crippen molar-refractivity contribution in [3.8, 4) is 5.75 Å². The van der Waals surface area contributed by atoms with Gasteiger partial charge in [-0.3, -0.25) is 0 Å². The molecular formula is C12H14N2O. The van der Waals surface area contributed by atoms with Gasteiger partial charge in [-0.25, -0.2) is 0 Å². The van der Waals surface area contributed by atoms with Crippen LogP contribution in [0.1, 0.15) is 19.3 Å². The molecule has 0 amide bonds. The van der Waals surface area contributed by atoms with Gasteiger partial charge in [0.05, 0.1) is 11.8 Å². The molecule has 1 saturated carbocycles. The third kappa shape index (κ3) is 1.44. The van der Waals surface area contributed by atoms with Crippen molar-refractivity contribution in [3.05, 3.63) is 24.4 Å². The standard InChI is InChI=1S/C12H14N2O/c13-11-7-14-12-5-4-9(6-10(11)12)15-8-2-1-3-8/h4-8,14H,1-3,13H2. The van der Waals surface area contributed by atoms with E-state index in [0.29, 0.717) is 6.10 Å². The molecule has 0 spiro atoms. The third-order valence-electron chi connectivity index (χ3n) is 3.04. The monoisotopic (exact) mass is 202 g/mol. The smallest absolute Gasteiger partial charge is 0.120 e. The van der Waals surface area contributed by atoms with Gasteiger partial charge in [0.15, 0.2) is 0 Å². The Morgan fingerprint density at radius 1 is 1.33 bits per heavy atom. The average molecular weight is 202 g/mol. The predicted molar refractivity (Wildman–Crippen MR) is 61.0 cm³/mol. The van der Waals surface area contributed by atoms with Gasteiger partial charge < -0.3 is 15.5 Å². The third-order valence-corrected chi connectivity index (χ3v) is 3.04. The first-order chi connectivity index (χ1) is 7.33. The highest BCUT2D eigenvalue weighted by Crippen LogP contribution is 2.29. The van der Waals surface area contributed by atoms with Crippen LogP contribution in [0.5, 0.6) is 5.75 Å². The summed E-state index contributed by atoms with van der Waals surface area (Å²) in [6, 6.07) is 6.02. The molecule has 1 fully saturated rings. The number of fused-ring (bicyclic) bond motifs is 1. The highest BCUT2D eigenvalue weighted by Gasteiger charge is 2.19. The Labute approximate surface area is 88.2 Å². The van der Waals surface area contributed by atoms with Crippen molar-refractivity contribution < 1.29 is 4.74 Å². The molecule has 3 rings (SSSR count). The van der Waals surface area contributed by atoms with E-state index in [-0.39, 0.29) is 0 Å². The molecule has 1 heterocycles. The Morgan fingerprint density at radius 2 is 2.20 bits per heavy atom. The first-order valence-corrected chi connectivity index (χ1v) is 5.36. The number of rotatable bonds is 2. The molecule has 1 aliphatic rings. The summed E-state index contributed by atoms with van der Waals surface area (Å²) in [7, 11) is 0. The maximum absolute atomic E-state index is 5.84. The maximum atomic E-state index is 5.84. The van der Waals surface area contributed by atoms with E-state index in [1.807, 2.05) is 24.4 Å². The lowest BCUT2D eigenvalue weighted by atomic mass is 9.96. The number of nitrogen functional groups attached to an aromatic ring is 1. The molecule has 0 aliphatic heterocycles. The quantitative estimate of drug-likeness (QED) is 0.786. The lowest BCUT2D eigenvalue weighted by Crippen LogP contribution is -2.24. The number of nitrogens with one attached hydrogen (secondary N) is 1. The van der Waals surface area contributed by atoms with E-state index in [1.54, 1.807) is 0 Å². The van der Waals surface area contributed by atoms with E-state index in [2.05, 4.69) is 4.98 Å². The van der Waals surface area contributed by atoms with Gasteiger partial charge in [0, 0.05) is 17.1 Å². The zero-order valence-corrected chi connectivity index (χ0v) is 8.49. The number of anilines is 1. The second kappa shape index (κ2) is 3.19. The van der Waals surface area contributed by atoms with Gasteiger partial charge in [0.25, 0.3) is 0 Å². The van der Waals surface area contributed by atoms with Crippen LogP contribution in [0.4, 0.5) is 5.69 Å². The van der Waals surface area contributed by atoms with Gasteiger partial charge in [-0.05, 0) is 37.5 Å². The fourth-order valence-corrected chi connectivity index (χ4v) is 1.88. The van der Waals surface area contributed by atoms with Crippen LogP contribution >= 0.6 is 0 Å². The van der Waals surface area contributed by atoms with Gasteiger partial charge in [-0.15, -0.1) is 0 Å². The maximum Gasteiger partial charge on any atom is 0.120 e. The zero-order chi connectivity index (χ0) is 10.3. The minimum Gasteiger partial charge on any atom is -0.490 e. The van der Waals surface area contributed by atoms with Crippen LogP contribution in [0.15, 0.2) is 24.4 Å². The van der Waals surface area contributed by atoms with Crippen LogP contribution < -0.4 is 10.5 Å². The van der Waals surface area contributed by atoms with Crippen molar-refractivity contribution in [2.45, 2.75) is 25.4 Å². The van der Waals surface area contributed by atoms with Gasteiger partial charge in [0.1, 0.15) is 5.75 Å². The Balaban J connectivity index is 1.93. The molecule has 1 aromatic carbocycles. The second-order valence-electron chi connectivity index (χ2n) is 4.12. The summed E-state index contributed by atoms with van der Waals surface area (Å²) >= 11 is 0. The van der Waals surface area contributed by atoms with Crippen LogP contribution in [0.3, 0.4) is 0 Å². The summed E-state index contributed by atoms with van der Waals surface area (Å²) in [4.78, 5) is 3.12. The molecular weight excluding hydrogens is 188 g/mol. The van der Waals surface area contributed by atoms with Crippen LogP contribution in [-0.4, -0.2) is 11.1 Å². The molecule has 1 aliphatic carbocycles. The predicted octanol–water partition coefficient (Wildman–Crippen LogP) is 2.68. The average Bonchev–Trinajstić information content (AvgIpc) is 2.55. The van der Waals surface area contributed by atoms with E-state index in [0.717, 1.165) is 22.3 Å². The number of hydrogen-bond acceptors (Lipinski definition) is 2. The Hall–Kier alpha value is -1.64. The number of ether oxygens (including phenoxy) is 1. The topological polar surface area (TPSA) is 51.0 Å². The number of H-pyrrole nitrogens is 1. The molecule has 3 heteroatoms. The van der Waals surface area contributed by atoms with Crippen molar-refractivity contribution in [1.82, 2.24) is 4.98 Å². The van der Waals surface area contributed by atoms with Gasteiger partial charge in [0.2, 0.25) is 0 Å². The Kier molecular flexibility index (Phi) is 1.84. The molecule has 15 heavy (non-hydrogen) atoms. The minimum atomic E-state index is 0.419. The number of aromatic amines is 1. The van der Waals surface area contributed by atoms with Crippen LogP contribution in [-0.2, 0) is 0 Å². The van der Waals surface area contributed by atoms with Crippen molar-refractivity contribution in [3.63, 3.8) is 0 Å². The summed E-state index contributed by atoms with van der Waals surface area (Å²) in [5, 5.41) is 1.05. The van der Waals surface area contributed by atoms with Gasteiger partial charge in [-0.1, -0.05) is 0 Å². The lowest BCUT2D eigenvalue weighted by Gasteiger charge is -2.26. The summed E-state index contributed by atoms with van der Waals surface area (Å²) in [5.74, 6) is 0.929. The normalized spacial score (nSPS) is 16.5. The summed E-state index contributed by atoms with van der Waals surface area (Å²) in [5.41, 5.74) is 7.68. The second-order valence-corrected chi connectivity index (χ2v) is 4.12. The van der Waals surface area contributed by atoms with Crippen molar-refractivity contribution >= 4 is 16.6 Å².